The van der Waals surface area contributed by atoms with E-state index in [2.05, 4.69) is 10.6 Å². The fraction of sp³-hybridized carbons (Fsp3) is 0.469. The number of amides is 4. The number of nitrogens with two attached hydrogens (primary N) is 1. The van der Waals surface area contributed by atoms with Crippen molar-refractivity contribution in [3.63, 3.8) is 0 Å². The molecule has 0 unspecified atom stereocenters. The molecule has 368 valence electrons. The van der Waals surface area contributed by atoms with E-state index >= 15 is 8.78 Å². The SMILES string of the molecule is C/C(=C\C(=O)N[C@H]1CCc2cccc3c2N(C1=O)[C@H](C(=O)N[C@@H](CCC(N)=O)[C@@H](C)OCc1ccccc1)C3)c1ccc(C(F)(F)P(=O)(OCOC(=O)C(C)(C)C)OCOC(=O)C(C)(C)C)cc1. The third-order valence-corrected chi connectivity index (χ3v) is 13.2. The quantitative estimate of drug-likeness (QED) is 0.0443. The van der Waals surface area contributed by atoms with Crippen LogP contribution in [0.4, 0.5) is 14.5 Å². The highest BCUT2D eigenvalue weighted by molar-refractivity contribution is 7.54. The second kappa shape index (κ2) is 22.1. The summed E-state index contributed by atoms with van der Waals surface area (Å²) in [4.78, 5) is 80.0. The van der Waals surface area contributed by atoms with Crippen molar-refractivity contribution in [2.24, 2.45) is 16.6 Å². The van der Waals surface area contributed by atoms with Crippen molar-refractivity contribution >= 4 is 54.4 Å². The maximum atomic E-state index is 16.1. The average molecular weight is 967 g/mol. The molecule has 0 saturated carbocycles. The van der Waals surface area contributed by atoms with Gasteiger partial charge >= 0.3 is 25.2 Å². The van der Waals surface area contributed by atoms with Gasteiger partial charge in [0.1, 0.15) is 12.1 Å². The van der Waals surface area contributed by atoms with Crippen molar-refractivity contribution in [3.05, 3.63) is 107 Å². The van der Waals surface area contributed by atoms with Crippen LogP contribution < -0.4 is 21.3 Å². The molecule has 0 saturated heterocycles. The highest BCUT2D eigenvalue weighted by atomic mass is 31.2. The van der Waals surface area contributed by atoms with Crippen molar-refractivity contribution in [2.45, 2.75) is 124 Å². The molecule has 68 heavy (non-hydrogen) atoms. The predicted octanol–water partition coefficient (Wildman–Crippen LogP) is 7.20. The average Bonchev–Trinajstić information content (AvgIpc) is 3.62. The molecule has 0 aromatic heterocycles. The molecule has 5 rings (SSSR count). The Hall–Kier alpha value is -5.81. The summed E-state index contributed by atoms with van der Waals surface area (Å²) in [5, 5.41) is 5.79. The minimum absolute atomic E-state index is 0.0127. The molecule has 2 aliphatic rings. The first-order valence-corrected chi connectivity index (χ1v) is 23.8. The Morgan fingerprint density at radius 2 is 1.46 bits per heavy atom. The van der Waals surface area contributed by atoms with Gasteiger partial charge in [-0.2, -0.15) is 8.78 Å². The number of rotatable bonds is 20. The molecule has 0 aliphatic carbocycles. The zero-order chi connectivity index (χ0) is 50.2. The number of hydrogen-bond acceptors (Lipinski definition) is 12. The molecule has 3 aromatic rings. The molecule has 4 atom stereocenters. The van der Waals surface area contributed by atoms with Gasteiger partial charge in [-0.25, -0.2) is 0 Å². The van der Waals surface area contributed by atoms with Crippen LogP contribution >= 0.6 is 7.60 Å². The lowest BCUT2D eigenvalue weighted by Crippen LogP contribution is -2.56. The molecule has 0 bridgehead atoms. The molecule has 4 N–H and O–H groups in total. The highest BCUT2D eigenvalue weighted by Gasteiger charge is 2.56. The second-order valence-corrected chi connectivity index (χ2v) is 20.9. The Bertz CT molecular complexity index is 2380. The van der Waals surface area contributed by atoms with Gasteiger partial charge < -0.3 is 30.6 Å². The second-order valence-electron chi connectivity index (χ2n) is 18.9. The smallest absolute Gasteiger partial charge is 0.410 e. The summed E-state index contributed by atoms with van der Waals surface area (Å²) >= 11 is 0. The van der Waals surface area contributed by atoms with Crippen LogP contribution in [0.3, 0.4) is 0 Å². The number of aryl methyl sites for hydroxylation is 1. The van der Waals surface area contributed by atoms with Gasteiger partial charge in [0, 0.05) is 24.5 Å². The first kappa shape index (κ1) is 53.1. The predicted molar refractivity (Wildman–Crippen MR) is 247 cm³/mol. The summed E-state index contributed by atoms with van der Waals surface area (Å²) in [7, 11) is -5.57. The highest BCUT2D eigenvalue weighted by Crippen LogP contribution is 2.67. The minimum Gasteiger partial charge on any atom is -0.438 e. The van der Waals surface area contributed by atoms with Gasteiger partial charge in [-0.3, -0.25) is 47.3 Å². The number of ether oxygens (including phenoxy) is 3. The number of benzene rings is 3. The monoisotopic (exact) mass is 966 g/mol. The van der Waals surface area contributed by atoms with Gasteiger partial charge in [-0.1, -0.05) is 72.8 Å². The van der Waals surface area contributed by atoms with Crippen molar-refractivity contribution < 1.29 is 65.4 Å². The van der Waals surface area contributed by atoms with E-state index in [1.165, 1.54) is 64.7 Å². The van der Waals surface area contributed by atoms with Crippen molar-refractivity contribution in [2.75, 3.05) is 18.5 Å². The van der Waals surface area contributed by atoms with E-state index in [1.54, 1.807) is 13.8 Å². The molecular formula is C49H61F2N4O12P. The van der Waals surface area contributed by atoms with Crippen molar-refractivity contribution in [1.29, 1.82) is 0 Å². The van der Waals surface area contributed by atoms with Gasteiger partial charge in [-0.15, -0.1) is 0 Å². The first-order chi connectivity index (χ1) is 31.8. The lowest BCUT2D eigenvalue weighted by Gasteiger charge is -2.31. The largest absolute Gasteiger partial charge is 0.438 e. The fourth-order valence-corrected chi connectivity index (χ4v) is 8.66. The number of nitrogens with one attached hydrogen (secondary N) is 2. The maximum Gasteiger partial charge on any atom is 0.410 e. The number of anilines is 1. The molecular weight excluding hydrogens is 906 g/mol. The lowest BCUT2D eigenvalue weighted by molar-refractivity contribution is -0.163. The van der Waals surface area contributed by atoms with Crippen LogP contribution in [0.25, 0.3) is 5.57 Å². The Morgan fingerprint density at radius 1 is 0.868 bits per heavy atom. The molecule has 0 spiro atoms. The Balaban J connectivity index is 1.30. The number of hydrogen-bond donors (Lipinski definition) is 3. The van der Waals surface area contributed by atoms with E-state index in [-0.39, 0.29) is 32.3 Å². The number of halogens is 2. The van der Waals surface area contributed by atoms with E-state index in [9.17, 15) is 33.3 Å². The summed E-state index contributed by atoms with van der Waals surface area (Å²) in [5.74, 6) is -3.84. The number of primary amides is 1. The topological polar surface area (TPSA) is 219 Å². The fourth-order valence-electron chi connectivity index (χ4n) is 7.41. The first-order valence-electron chi connectivity index (χ1n) is 22.2. The summed E-state index contributed by atoms with van der Waals surface area (Å²) in [6.07, 6.45) is 1.67. The van der Waals surface area contributed by atoms with E-state index in [0.717, 1.165) is 28.8 Å². The van der Waals surface area contributed by atoms with E-state index < -0.39 is 103 Å². The van der Waals surface area contributed by atoms with Crippen LogP contribution in [-0.2, 0) is 81.7 Å². The Morgan fingerprint density at radius 3 is 2.03 bits per heavy atom. The summed E-state index contributed by atoms with van der Waals surface area (Å²) < 4.78 is 71.8. The maximum absolute atomic E-state index is 16.1. The molecule has 0 fully saturated rings. The van der Waals surface area contributed by atoms with Crippen LogP contribution in [0, 0.1) is 10.8 Å². The minimum atomic E-state index is -5.57. The number of nitrogens with zero attached hydrogens (tertiary/aromatic N) is 1. The van der Waals surface area contributed by atoms with Gasteiger partial charge in [0.2, 0.25) is 37.2 Å². The van der Waals surface area contributed by atoms with Crippen LogP contribution in [0.1, 0.15) is 102 Å². The van der Waals surface area contributed by atoms with E-state index in [1.807, 2.05) is 48.5 Å². The molecule has 2 heterocycles. The van der Waals surface area contributed by atoms with Crippen molar-refractivity contribution in [1.82, 2.24) is 10.6 Å². The molecule has 16 nitrogen and oxygen atoms in total. The van der Waals surface area contributed by atoms with Crippen LogP contribution in [0.5, 0.6) is 0 Å². The van der Waals surface area contributed by atoms with Gasteiger partial charge in [-0.05, 0) is 102 Å². The van der Waals surface area contributed by atoms with E-state index in [4.69, 9.17) is 29.0 Å². The number of allylic oxidation sites excluding steroid dienone is 1. The standard InChI is InChI=1S/C49H61F2N4O12P/c1-30(33-17-20-36(21-18-33)49(50,51)68(62,66-28-64-45(60)47(3,4)5)67-29-65-46(61)48(6,7)8)25-41(57)53-38-22-19-34-15-12-16-35-26-39(55(42(34)35)44(38)59)43(58)54-37(23-24-40(52)56)31(2)63-27-32-13-10-9-11-14-32/h9-18,20-21,25,31,37-39H,19,22-24,26-29H2,1-8H3,(H2,52,56)(H,53,57)(H,54,58)/b30-25+/t31-,37+,38+,39+/m1/s1. The summed E-state index contributed by atoms with van der Waals surface area (Å²) in [6, 6.07) is 16.8. The zero-order valence-corrected chi connectivity index (χ0v) is 40.5. The number of carbonyl (C=O) groups excluding carboxylic acids is 6. The van der Waals surface area contributed by atoms with Crippen LogP contribution in [-0.4, -0.2) is 73.4 Å². The molecule has 4 amide bonds. The molecule has 0 radical (unpaired) electrons. The van der Waals surface area contributed by atoms with Gasteiger partial charge in [0.15, 0.2) is 0 Å². The number of carbonyl (C=O) groups is 6. The molecule has 3 aromatic carbocycles. The van der Waals surface area contributed by atoms with Gasteiger partial charge in [0.05, 0.1) is 35.3 Å². The number of alkyl halides is 2. The molecule has 2 aliphatic heterocycles. The van der Waals surface area contributed by atoms with Crippen LogP contribution in [0.2, 0.25) is 0 Å². The van der Waals surface area contributed by atoms with Crippen molar-refractivity contribution in [3.8, 4) is 0 Å². The Kier molecular flexibility index (Phi) is 17.3. The molecule has 19 heteroatoms. The summed E-state index contributed by atoms with van der Waals surface area (Å²) in [5.41, 5.74) is 1.99. The third-order valence-electron chi connectivity index (χ3n) is 11.4. The lowest BCUT2D eigenvalue weighted by atomic mass is 9.98. The number of esters is 2. The number of para-hydroxylation sites is 1. The normalized spacial score (nSPS) is 17.4. The van der Waals surface area contributed by atoms with Crippen LogP contribution in [0.15, 0.2) is 78.9 Å². The zero-order valence-electron chi connectivity index (χ0n) is 39.6. The van der Waals surface area contributed by atoms with Gasteiger partial charge in [0.25, 0.3) is 0 Å². The Labute approximate surface area is 395 Å². The van der Waals surface area contributed by atoms with E-state index in [0.29, 0.717) is 23.2 Å². The summed E-state index contributed by atoms with van der Waals surface area (Å²) in [6.45, 7) is 10.4. The third kappa shape index (κ3) is 13.2.